The Morgan fingerprint density at radius 1 is 1.08 bits per heavy atom. The molecule has 0 aliphatic carbocycles. The molecule has 0 saturated carbocycles. The molecule has 2 fully saturated rings. The van der Waals surface area contributed by atoms with Gasteiger partial charge in [-0.25, -0.2) is 0 Å². The maximum absolute atomic E-state index is 6.32. The van der Waals surface area contributed by atoms with Crippen molar-refractivity contribution in [3.05, 3.63) is 42.1 Å². The summed E-state index contributed by atoms with van der Waals surface area (Å²) >= 11 is 0. The fourth-order valence-corrected chi connectivity index (χ4v) is 3.85. The second-order valence-corrected chi connectivity index (χ2v) is 6.96. The number of ether oxygens (including phenoxy) is 2. The third kappa shape index (κ3) is 3.94. The van der Waals surface area contributed by atoms with E-state index in [0.717, 1.165) is 51.2 Å². The molecular weight excluding hydrogens is 300 g/mol. The Labute approximate surface area is 143 Å². The Kier molecular flexibility index (Phi) is 5.07. The average molecular weight is 326 g/mol. The first-order chi connectivity index (χ1) is 11.9. The zero-order chi connectivity index (χ0) is 16.2. The van der Waals surface area contributed by atoms with Crippen molar-refractivity contribution in [3.8, 4) is 0 Å². The lowest BCUT2D eigenvalue weighted by atomic mass is 10.0. The molecule has 24 heavy (non-hydrogen) atoms. The van der Waals surface area contributed by atoms with E-state index in [1.807, 2.05) is 12.3 Å². The van der Waals surface area contributed by atoms with Crippen LogP contribution in [0, 0.1) is 0 Å². The van der Waals surface area contributed by atoms with Gasteiger partial charge in [-0.3, -0.25) is 9.88 Å². The first-order valence-corrected chi connectivity index (χ1v) is 9.16. The number of benzene rings is 1. The molecule has 2 aliphatic rings. The third-order valence-electron chi connectivity index (χ3n) is 5.10. The normalized spacial score (nSPS) is 25.8. The van der Waals surface area contributed by atoms with Gasteiger partial charge >= 0.3 is 0 Å². The largest absolute Gasteiger partial charge is 0.380 e. The second kappa shape index (κ2) is 7.60. The zero-order valence-electron chi connectivity index (χ0n) is 14.2. The molecule has 0 unspecified atom stereocenters. The van der Waals surface area contributed by atoms with Gasteiger partial charge in [0, 0.05) is 37.8 Å². The number of nitrogens with zero attached hydrogens (tertiary/aromatic N) is 2. The molecule has 0 radical (unpaired) electrons. The lowest BCUT2D eigenvalue weighted by Gasteiger charge is -2.23. The van der Waals surface area contributed by atoms with Gasteiger partial charge in [0.2, 0.25) is 0 Å². The van der Waals surface area contributed by atoms with Crippen molar-refractivity contribution in [2.24, 2.45) is 0 Å². The predicted molar refractivity (Wildman–Crippen MR) is 95.2 cm³/mol. The monoisotopic (exact) mass is 326 g/mol. The van der Waals surface area contributed by atoms with Crippen molar-refractivity contribution < 1.29 is 9.47 Å². The summed E-state index contributed by atoms with van der Waals surface area (Å²) in [6.07, 6.45) is 7.08. The van der Waals surface area contributed by atoms with Crippen molar-refractivity contribution in [1.29, 1.82) is 0 Å². The fourth-order valence-electron chi connectivity index (χ4n) is 3.85. The number of hydrogen-bond donors (Lipinski definition) is 0. The third-order valence-corrected chi connectivity index (χ3v) is 5.10. The van der Waals surface area contributed by atoms with Gasteiger partial charge in [-0.1, -0.05) is 12.1 Å². The molecule has 4 rings (SSSR count). The topological polar surface area (TPSA) is 34.6 Å². The summed E-state index contributed by atoms with van der Waals surface area (Å²) in [5.41, 5.74) is 2.42. The summed E-state index contributed by atoms with van der Waals surface area (Å²) in [5, 5.41) is 1.22. The summed E-state index contributed by atoms with van der Waals surface area (Å²) < 4.78 is 11.9. The van der Waals surface area contributed by atoms with Crippen molar-refractivity contribution in [3.63, 3.8) is 0 Å². The first kappa shape index (κ1) is 16.0. The van der Waals surface area contributed by atoms with Crippen LogP contribution in [-0.2, 0) is 15.9 Å². The van der Waals surface area contributed by atoms with Gasteiger partial charge in [0.1, 0.15) is 0 Å². The lowest BCUT2D eigenvalue weighted by Crippen LogP contribution is -2.34. The average Bonchev–Trinajstić information content (AvgIpc) is 2.88. The van der Waals surface area contributed by atoms with E-state index in [-0.39, 0.29) is 0 Å². The Morgan fingerprint density at radius 2 is 2.04 bits per heavy atom. The molecule has 2 aromatic rings. The van der Waals surface area contributed by atoms with Crippen LogP contribution in [0.4, 0.5) is 0 Å². The first-order valence-electron chi connectivity index (χ1n) is 9.16. The van der Waals surface area contributed by atoms with E-state index in [1.165, 1.54) is 23.8 Å². The van der Waals surface area contributed by atoms with Crippen LogP contribution >= 0.6 is 0 Å². The Balaban J connectivity index is 1.32. The molecule has 0 bridgehead atoms. The van der Waals surface area contributed by atoms with E-state index >= 15 is 0 Å². The van der Waals surface area contributed by atoms with Crippen molar-refractivity contribution in [2.75, 3.05) is 32.8 Å². The molecule has 1 aromatic carbocycles. The van der Waals surface area contributed by atoms with Crippen LogP contribution < -0.4 is 0 Å². The number of rotatable bonds is 4. The molecule has 0 spiro atoms. The second-order valence-electron chi connectivity index (χ2n) is 6.96. The van der Waals surface area contributed by atoms with E-state index in [1.54, 1.807) is 0 Å². The SMILES string of the molecule is c1cnc2ccc(C[C@@H]3CC[C@H](CN4CCCOCC4)O3)cc2c1. The lowest BCUT2D eigenvalue weighted by molar-refractivity contribution is 0.0228. The minimum Gasteiger partial charge on any atom is -0.380 e. The molecular formula is C20H26N2O2. The number of fused-ring (bicyclic) bond motifs is 1. The summed E-state index contributed by atoms with van der Waals surface area (Å²) in [6.45, 7) is 5.01. The van der Waals surface area contributed by atoms with Crippen molar-refractivity contribution >= 4 is 10.9 Å². The van der Waals surface area contributed by atoms with Crippen molar-refractivity contribution in [1.82, 2.24) is 9.88 Å². The summed E-state index contributed by atoms with van der Waals surface area (Å²) in [7, 11) is 0. The molecule has 2 atom stereocenters. The quantitative estimate of drug-likeness (QED) is 0.865. The van der Waals surface area contributed by atoms with E-state index in [0.29, 0.717) is 12.2 Å². The van der Waals surface area contributed by atoms with E-state index < -0.39 is 0 Å². The molecule has 0 amide bonds. The van der Waals surface area contributed by atoms with E-state index in [4.69, 9.17) is 9.47 Å². The van der Waals surface area contributed by atoms with E-state index in [9.17, 15) is 0 Å². The van der Waals surface area contributed by atoms with Crippen LogP contribution in [0.5, 0.6) is 0 Å². The standard InChI is InChI=1S/C20H26N2O2/c1-3-17-13-16(4-7-20(17)21-8-1)14-18-5-6-19(24-18)15-22-9-2-11-23-12-10-22/h1,3-4,7-8,13,18-19H,2,5-6,9-12,14-15H2/t18-,19+/m0/s1. The minimum atomic E-state index is 0.354. The highest BCUT2D eigenvalue weighted by Crippen LogP contribution is 2.25. The van der Waals surface area contributed by atoms with Gasteiger partial charge < -0.3 is 9.47 Å². The van der Waals surface area contributed by atoms with Crippen LogP contribution in [0.1, 0.15) is 24.8 Å². The van der Waals surface area contributed by atoms with Gasteiger partial charge in [0.25, 0.3) is 0 Å². The van der Waals surface area contributed by atoms with Crippen LogP contribution in [0.2, 0.25) is 0 Å². The zero-order valence-corrected chi connectivity index (χ0v) is 14.2. The van der Waals surface area contributed by atoms with Gasteiger partial charge in [-0.05, 0) is 49.4 Å². The van der Waals surface area contributed by atoms with E-state index in [2.05, 4.69) is 34.1 Å². The summed E-state index contributed by atoms with van der Waals surface area (Å²) in [4.78, 5) is 6.89. The molecule has 4 heteroatoms. The van der Waals surface area contributed by atoms with Crippen LogP contribution in [0.3, 0.4) is 0 Å². The smallest absolute Gasteiger partial charge is 0.0706 e. The summed E-state index contributed by atoms with van der Waals surface area (Å²) in [5.74, 6) is 0. The molecule has 4 nitrogen and oxygen atoms in total. The molecule has 3 heterocycles. The molecule has 1 aromatic heterocycles. The summed E-state index contributed by atoms with van der Waals surface area (Å²) in [6, 6.07) is 10.7. The number of hydrogen-bond acceptors (Lipinski definition) is 4. The highest BCUT2D eigenvalue weighted by atomic mass is 16.5. The Hall–Kier alpha value is -1.49. The molecule has 2 saturated heterocycles. The van der Waals surface area contributed by atoms with Crippen molar-refractivity contribution in [2.45, 2.75) is 37.9 Å². The minimum absolute atomic E-state index is 0.354. The van der Waals surface area contributed by atoms with Crippen LogP contribution in [0.15, 0.2) is 36.5 Å². The molecule has 2 aliphatic heterocycles. The maximum atomic E-state index is 6.32. The molecule has 0 N–H and O–H groups in total. The maximum Gasteiger partial charge on any atom is 0.0706 e. The Morgan fingerprint density at radius 3 is 3.04 bits per heavy atom. The highest BCUT2D eigenvalue weighted by Gasteiger charge is 2.27. The predicted octanol–water partition coefficient (Wildman–Crippen LogP) is 3.05. The van der Waals surface area contributed by atoms with Gasteiger partial charge in [0.05, 0.1) is 24.3 Å². The fraction of sp³-hybridized carbons (Fsp3) is 0.550. The Bertz CT molecular complexity index is 667. The number of pyridine rings is 1. The van der Waals surface area contributed by atoms with Gasteiger partial charge in [0.15, 0.2) is 0 Å². The highest BCUT2D eigenvalue weighted by molar-refractivity contribution is 5.78. The van der Waals surface area contributed by atoms with Crippen LogP contribution in [-0.4, -0.2) is 54.9 Å². The van der Waals surface area contributed by atoms with Gasteiger partial charge in [-0.15, -0.1) is 0 Å². The molecule has 128 valence electrons. The number of aromatic nitrogens is 1. The van der Waals surface area contributed by atoms with Gasteiger partial charge in [-0.2, -0.15) is 0 Å². The van der Waals surface area contributed by atoms with Crippen LogP contribution in [0.25, 0.3) is 10.9 Å².